The van der Waals surface area contributed by atoms with E-state index in [0.717, 1.165) is 0 Å². The molecule has 0 heterocycles. The van der Waals surface area contributed by atoms with Gasteiger partial charge in [-0.1, -0.05) is 18.2 Å². The van der Waals surface area contributed by atoms with Crippen LogP contribution in [0.15, 0.2) is 59.5 Å². The zero-order valence-corrected chi connectivity index (χ0v) is 15.2. The van der Waals surface area contributed by atoms with Gasteiger partial charge in [0, 0.05) is 24.3 Å². The minimum Gasteiger partial charge on any atom is -0.339 e. The van der Waals surface area contributed by atoms with E-state index in [1.807, 2.05) is 7.05 Å². The highest BCUT2D eigenvalue weighted by Crippen LogP contribution is 2.35. The summed E-state index contributed by atoms with van der Waals surface area (Å²) in [4.78, 5) is 14.5. The largest absolute Gasteiger partial charge is 0.339 e. The van der Waals surface area contributed by atoms with Crippen LogP contribution in [-0.4, -0.2) is 32.3 Å². The van der Waals surface area contributed by atoms with E-state index in [9.17, 15) is 13.2 Å². The van der Waals surface area contributed by atoms with Crippen LogP contribution in [0.2, 0.25) is 0 Å². The van der Waals surface area contributed by atoms with Gasteiger partial charge in [-0.2, -0.15) is 0 Å². The average Bonchev–Trinajstić information content (AvgIpc) is 3.46. The van der Waals surface area contributed by atoms with E-state index in [1.165, 1.54) is 25.0 Å². The molecule has 0 spiro atoms. The van der Waals surface area contributed by atoms with Crippen molar-refractivity contribution in [3.8, 4) is 0 Å². The summed E-state index contributed by atoms with van der Waals surface area (Å²) in [6.07, 6.45) is 2.36. The highest BCUT2D eigenvalue weighted by molar-refractivity contribution is 7.92. The molecule has 0 aliphatic heterocycles. The van der Waals surface area contributed by atoms with Crippen LogP contribution in [0.25, 0.3) is 0 Å². The van der Waals surface area contributed by atoms with E-state index >= 15 is 0 Å². The summed E-state index contributed by atoms with van der Waals surface area (Å²) in [5.74, 6) is 0.558. The second-order valence-electron chi connectivity index (χ2n) is 6.49. The lowest BCUT2D eigenvalue weighted by molar-refractivity contribution is 0.0727. The molecule has 1 aliphatic carbocycles. The van der Waals surface area contributed by atoms with Crippen molar-refractivity contribution in [1.29, 1.82) is 0 Å². The number of carbonyl (C=O) groups excluding carboxylic acids is 1. The fraction of sp³-hybridized carbons (Fsp3) is 0.316. The van der Waals surface area contributed by atoms with Crippen molar-refractivity contribution in [2.45, 2.75) is 30.7 Å². The Labute approximate surface area is 148 Å². The van der Waals surface area contributed by atoms with Crippen LogP contribution in [-0.2, 0) is 10.0 Å². The van der Waals surface area contributed by atoms with Crippen LogP contribution in [0.1, 0.15) is 30.1 Å². The molecule has 0 saturated heterocycles. The van der Waals surface area contributed by atoms with Crippen LogP contribution in [0.4, 0.5) is 5.69 Å². The molecule has 1 aliphatic rings. The third-order valence-corrected chi connectivity index (χ3v) is 6.07. The van der Waals surface area contributed by atoms with Crippen LogP contribution < -0.4 is 4.72 Å². The first-order valence-electron chi connectivity index (χ1n) is 8.33. The molecule has 0 aromatic heterocycles. The third-order valence-electron chi connectivity index (χ3n) is 4.67. The summed E-state index contributed by atoms with van der Waals surface area (Å²) < 4.78 is 27.2. The van der Waals surface area contributed by atoms with E-state index in [4.69, 9.17) is 0 Å². The molecule has 3 rings (SSSR count). The maximum Gasteiger partial charge on any atom is 0.261 e. The number of nitrogens with one attached hydrogen (secondary N) is 1. The molecule has 1 atom stereocenters. The summed E-state index contributed by atoms with van der Waals surface area (Å²) in [5.41, 5.74) is 0.982. The monoisotopic (exact) mass is 358 g/mol. The summed E-state index contributed by atoms with van der Waals surface area (Å²) in [5, 5.41) is 0. The summed E-state index contributed by atoms with van der Waals surface area (Å²) in [6.45, 7) is 2.07. The van der Waals surface area contributed by atoms with Crippen molar-refractivity contribution in [3.05, 3.63) is 60.2 Å². The van der Waals surface area contributed by atoms with Gasteiger partial charge in [-0.25, -0.2) is 8.42 Å². The van der Waals surface area contributed by atoms with Gasteiger partial charge in [-0.05, 0) is 62.1 Å². The molecule has 0 bridgehead atoms. The van der Waals surface area contributed by atoms with Crippen molar-refractivity contribution in [1.82, 2.24) is 4.90 Å². The van der Waals surface area contributed by atoms with Gasteiger partial charge in [-0.15, -0.1) is 0 Å². The first-order valence-corrected chi connectivity index (χ1v) is 9.82. The zero-order chi connectivity index (χ0) is 18.0. The van der Waals surface area contributed by atoms with Gasteiger partial charge in [0.1, 0.15) is 0 Å². The number of carbonyl (C=O) groups is 1. The molecule has 25 heavy (non-hydrogen) atoms. The Morgan fingerprint density at radius 2 is 1.68 bits per heavy atom. The van der Waals surface area contributed by atoms with E-state index in [2.05, 4.69) is 11.6 Å². The Kier molecular flexibility index (Phi) is 4.81. The lowest BCUT2D eigenvalue weighted by Gasteiger charge is -2.25. The van der Waals surface area contributed by atoms with Crippen LogP contribution >= 0.6 is 0 Å². The Bertz CT molecular complexity index is 844. The molecule has 1 N–H and O–H groups in total. The van der Waals surface area contributed by atoms with Crippen LogP contribution in [0.3, 0.4) is 0 Å². The number of hydrogen-bond donors (Lipinski definition) is 1. The van der Waals surface area contributed by atoms with Crippen LogP contribution in [0.5, 0.6) is 0 Å². The van der Waals surface area contributed by atoms with Gasteiger partial charge in [0.2, 0.25) is 0 Å². The van der Waals surface area contributed by atoms with Crippen molar-refractivity contribution < 1.29 is 13.2 Å². The SMILES string of the molecule is CC(C1CC1)N(C)C(=O)c1ccc(NS(=O)(=O)c2ccccc2)cc1. The number of sulfonamides is 1. The van der Waals surface area contributed by atoms with Gasteiger partial charge in [0.25, 0.3) is 15.9 Å². The summed E-state index contributed by atoms with van der Waals surface area (Å²) >= 11 is 0. The van der Waals surface area contributed by atoms with E-state index < -0.39 is 10.0 Å². The first kappa shape index (κ1) is 17.5. The van der Waals surface area contributed by atoms with Gasteiger partial charge in [0.15, 0.2) is 0 Å². The fourth-order valence-corrected chi connectivity index (χ4v) is 3.86. The lowest BCUT2D eigenvalue weighted by atomic mass is 10.1. The molecule has 1 fully saturated rings. The smallest absolute Gasteiger partial charge is 0.261 e. The molecule has 1 amide bonds. The van der Waals surface area contributed by atoms with E-state index in [1.54, 1.807) is 47.4 Å². The predicted molar refractivity (Wildman–Crippen MR) is 98.0 cm³/mol. The highest BCUT2D eigenvalue weighted by Gasteiger charge is 2.32. The normalized spacial score (nSPS) is 15.4. The van der Waals surface area contributed by atoms with Crippen molar-refractivity contribution in [2.75, 3.05) is 11.8 Å². The molecule has 1 saturated carbocycles. The number of benzene rings is 2. The number of rotatable bonds is 6. The molecule has 132 valence electrons. The third kappa shape index (κ3) is 4.02. The standard InChI is InChI=1S/C19H22N2O3S/c1-14(15-8-9-15)21(2)19(22)16-10-12-17(13-11-16)20-25(23,24)18-6-4-3-5-7-18/h3-7,10-15,20H,8-9H2,1-2H3. The Morgan fingerprint density at radius 3 is 2.24 bits per heavy atom. The van der Waals surface area contributed by atoms with E-state index in [-0.39, 0.29) is 16.8 Å². The Morgan fingerprint density at radius 1 is 1.08 bits per heavy atom. The minimum absolute atomic E-state index is 0.0446. The second-order valence-corrected chi connectivity index (χ2v) is 8.17. The highest BCUT2D eigenvalue weighted by atomic mass is 32.2. The molecule has 1 unspecified atom stereocenters. The second kappa shape index (κ2) is 6.88. The average molecular weight is 358 g/mol. The number of anilines is 1. The maximum absolute atomic E-state index is 12.5. The fourth-order valence-electron chi connectivity index (χ4n) is 2.78. The van der Waals surface area contributed by atoms with E-state index in [0.29, 0.717) is 17.2 Å². The first-order chi connectivity index (χ1) is 11.9. The van der Waals surface area contributed by atoms with Gasteiger partial charge in [-0.3, -0.25) is 9.52 Å². The zero-order valence-electron chi connectivity index (χ0n) is 14.3. The van der Waals surface area contributed by atoms with Gasteiger partial charge in [0.05, 0.1) is 4.90 Å². The number of hydrogen-bond acceptors (Lipinski definition) is 3. The molecular formula is C19H22N2O3S. The van der Waals surface area contributed by atoms with Crippen molar-refractivity contribution in [3.63, 3.8) is 0 Å². The molecular weight excluding hydrogens is 336 g/mol. The van der Waals surface area contributed by atoms with Gasteiger partial charge < -0.3 is 4.90 Å². The molecule has 2 aromatic carbocycles. The number of amides is 1. The predicted octanol–water partition coefficient (Wildman–Crippen LogP) is 3.36. The summed E-state index contributed by atoms with van der Waals surface area (Å²) in [7, 11) is -1.81. The summed E-state index contributed by atoms with van der Waals surface area (Å²) in [6, 6.07) is 14.9. The minimum atomic E-state index is -3.62. The van der Waals surface area contributed by atoms with Crippen molar-refractivity contribution >= 4 is 21.6 Å². The van der Waals surface area contributed by atoms with Crippen LogP contribution in [0, 0.1) is 5.92 Å². The quantitative estimate of drug-likeness (QED) is 0.861. The Hall–Kier alpha value is -2.34. The molecule has 6 heteroatoms. The number of nitrogens with zero attached hydrogens (tertiary/aromatic N) is 1. The van der Waals surface area contributed by atoms with Crippen molar-refractivity contribution in [2.24, 2.45) is 5.92 Å². The maximum atomic E-state index is 12.5. The molecule has 0 radical (unpaired) electrons. The Balaban J connectivity index is 1.71. The lowest BCUT2D eigenvalue weighted by Crippen LogP contribution is -2.36. The molecule has 5 nitrogen and oxygen atoms in total. The topological polar surface area (TPSA) is 66.5 Å². The van der Waals surface area contributed by atoms with Gasteiger partial charge >= 0.3 is 0 Å². The molecule has 2 aromatic rings.